The molecule has 0 spiro atoms. The third-order valence-electron chi connectivity index (χ3n) is 10.5. The third kappa shape index (κ3) is 8.60. The number of rotatable bonds is 13. The Morgan fingerprint density at radius 2 is 1.71 bits per heavy atom. The van der Waals surface area contributed by atoms with Gasteiger partial charge in [0.15, 0.2) is 5.76 Å². The zero-order chi connectivity index (χ0) is 39.8. The molecule has 0 radical (unpaired) electrons. The van der Waals surface area contributed by atoms with Gasteiger partial charge in [-0.05, 0) is 133 Å². The number of likely N-dealkylation sites (tertiary alicyclic amines) is 1. The highest BCUT2D eigenvalue weighted by Gasteiger charge is 2.29. The first-order valence-corrected chi connectivity index (χ1v) is 20.7. The molecule has 1 fully saturated rings. The minimum Gasteiger partial charge on any atom is -0.494 e. The van der Waals surface area contributed by atoms with Gasteiger partial charge in [0.25, 0.3) is 21.8 Å². The number of nitrogens with one attached hydrogen (secondary N) is 3. The molecule has 1 aliphatic heterocycles. The summed E-state index contributed by atoms with van der Waals surface area (Å²) in [7, 11) is -2.68. The number of fused-ring (bicyclic) bond motifs is 1. The number of aryl methyl sites for hydroxylation is 5. The van der Waals surface area contributed by atoms with Gasteiger partial charge in [-0.2, -0.15) is 13.5 Å². The monoisotopic (exact) mass is 810 g/mol. The summed E-state index contributed by atoms with van der Waals surface area (Å²) >= 11 is 13.2. The summed E-state index contributed by atoms with van der Waals surface area (Å²) in [6.07, 6.45) is 2.78. The molecule has 1 saturated heterocycles. The van der Waals surface area contributed by atoms with Crippen molar-refractivity contribution < 1.29 is 27.2 Å². The molecular weight excluding hydrogens is 763 g/mol. The van der Waals surface area contributed by atoms with Gasteiger partial charge in [0.1, 0.15) is 11.4 Å². The van der Waals surface area contributed by atoms with Crippen LogP contribution in [0.25, 0.3) is 22.0 Å². The molecule has 0 bridgehead atoms. The van der Waals surface area contributed by atoms with Gasteiger partial charge in [0.2, 0.25) is 5.09 Å². The average Bonchev–Trinajstić information content (AvgIpc) is 3.85. The second-order valence-electron chi connectivity index (χ2n) is 14.7. The molecule has 2 aromatic carbocycles. The van der Waals surface area contributed by atoms with Crippen molar-refractivity contribution in [2.75, 3.05) is 26.2 Å². The van der Waals surface area contributed by atoms with E-state index in [1.54, 1.807) is 10.7 Å². The van der Waals surface area contributed by atoms with Crippen LogP contribution in [-0.2, 0) is 23.5 Å². The van der Waals surface area contributed by atoms with E-state index in [4.69, 9.17) is 32.4 Å². The zero-order valence-electron chi connectivity index (χ0n) is 32.2. The normalized spacial score (nSPS) is 14.2. The molecule has 0 unspecified atom stereocenters. The number of hydrogen-bond acceptors (Lipinski definition) is 8. The number of carbonyl (C=O) groups is 2. The molecule has 2 amide bonds. The fraction of sp³-hybridized carbons (Fsp3) is 0.425. The quantitative estimate of drug-likeness (QED) is 0.103. The van der Waals surface area contributed by atoms with Gasteiger partial charge < -0.3 is 24.4 Å². The van der Waals surface area contributed by atoms with Crippen molar-refractivity contribution in [1.82, 2.24) is 29.7 Å². The Balaban J connectivity index is 1.24. The van der Waals surface area contributed by atoms with Crippen LogP contribution in [0, 0.1) is 33.6 Å². The number of H-pyrrole nitrogens is 1. The van der Waals surface area contributed by atoms with Gasteiger partial charge in [-0.15, -0.1) is 0 Å². The van der Waals surface area contributed by atoms with Crippen LogP contribution in [-0.4, -0.2) is 72.2 Å². The highest BCUT2D eigenvalue weighted by Crippen LogP contribution is 2.40. The summed E-state index contributed by atoms with van der Waals surface area (Å²) in [4.78, 5) is 32.6. The van der Waals surface area contributed by atoms with E-state index in [9.17, 15) is 18.0 Å². The number of halogens is 2. The van der Waals surface area contributed by atoms with E-state index >= 15 is 0 Å². The number of aromatic amines is 1. The van der Waals surface area contributed by atoms with E-state index in [0.29, 0.717) is 75.8 Å². The van der Waals surface area contributed by atoms with Crippen molar-refractivity contribution in [2.45, 2.75) is 78.4 Å². The van der Waals surface area contributed by atoms with Gasteiger partial charge in [0, 0.05) is 46.9 Å². The third-order valence-corrected chi connectivity index (χ3v) is 12.6. The van der Waals surface area contributed by atoms with Crippen LogP contribution >= 0.6 is 23.2 Å². The number of benzene rings is 2. The SMILES string of the molecule is Cc1cc(OCCCc2c(C(=O)NS(=O)(=O)c3ccc(C(=O)NCC4CCN(C(C)C)CC4)o3)[nH]c3c(-c4c(C)nn(C)c4C)c(Cl)ccc23)cc(C)c1Cl. The number of carbonyl (C=O) groups excluding carboxylic acids is 2. The lowest BCUT2D eigenvalue weighted by Gasteiger charge is -2.34. The van der Waals surface area contributed by atoms with E-state index in [0.717, 1.165) is 54.0 Å². The standard InChI is InChI=1S/C40H48Cl2N6O6S/c1-22(2)48-16-14-27(15-17-48)21-43-39(49)32-12-13-33(54-32)55(51,52)46-40(50)38-29(9-8-18-53-28-19-23(3)36(42)24(4)20-28)30-10-11-31(41)35(37(30)44-38)34-25(5)45-47(7)26(34)6/h10-13,19-20,22,27,44H,8-9,14-18,21H2,1-7H3,(H,43,49)(H,46,50). The Morgan fingerprint density at radius 3 is 2.35 bits per heavy atom. The van der Waals surface area contributed by atoms with Crippen LogP contribution in [0.15, 0.2) is 45.9 Å². The van der Waals surface area contributed by atoms with Gasteiger partial charge >= 0.3 is 0 Å². The Labute approximate surface area is 331 Å². The molecule has 1 aliphatic rings. The Hall–Kier alpha value is -4.30. The minimum absolute atomic E-state index is 0.0486. The molecule has 15 heteroatoms. The van der Waals surface area contributed by atoms with E-state index in [2.05, 4.69) is 38.9 Å². The molecule has 294 valence electrons. The fourth-order valence-electron chi connectivity index (χ4n) is 7.36. The Morgan fingerprint density at radius 1 is 1.02 bits per heavy atom. The first kappa shape index (κ1) is 40.4. The summed E-state index contributed by atoms with van der Waals surface area (Å²) in [6.45, 7) is 14.7. The number of nitrogens with zero attached hydrogens (tertiary/aromatic N) is 3. The maximum atomic E-state index is 14.0. The smallest absolute Gasteiger partial charge is 0.297 e. The van der Waals surface area contributed by atoms with Crippen LogP contribution in [0.3, 0.4) is 0 Å². The second kappa shape index (κ2) is 16.4. The molecule has 3 aromatic heterocycles. The van der Waals surface area contributed by atoms with Crippen molar-refractivity contribution in [1.29, 1.82) is 0 Å². The number of ether oxygens (including phenoxy) is 1. The lowest BCUT2D eigenvalue weighted by Crippen LogP contribution is -2.41. The van der Waals surface area contributed by atoms with E-state index in [-0.39, 0.29) is 11.5 Å². The van der Waals surface area contributed by atoms with Crippen molar-refractivity contribution >= 4 is 55.9 Å². The Bertz CT molecular complexity index is 2330. The van der Waals surface area contributed by atoms with Crippen LogP contribution in [0.2, 0.25) is 10.0 Å². The summed E-state index contributed by atoms with van der Waals surface area (Å²) in [5, 5.41) is 8.72. The Kier molecular flexibility index (Phi) is 12.1. The number of furan rings is 1. The summed E-state index contributed by atoms with van der Waals surface area (Å²) in [5.74, 6) is -0.578. The van der Waals surface area contributed by atoms with E-state index in [1.165, 1.54) is 12.1 Å². The summed E-state index contributed by atoms with van der Waals surface area (Å²) in [6, 6.07) is 10.3. The predicted octanol–water partition coefficient (Wildman–Crippen LogP) is 7.68. The first-order chi connectivity index (χ1) is 26.0. The maximum Gasteiger partial charge on any atom is 0.297 e. The summed E-state index contributed by atoms with van der Waals surface area (Å²) < 4.78 is 42.6. The van der Waals surface area contributed by atoms with Crippen LogP contribution < -0.4 is 14.8 Å². The number of hydrogen-bond donors (Lipinski definition) is 3. The zero-order valence-corrected chi connectivity index (χ0v) is 34.6. The fourth-order valence-corrected chi connectivity index (χ4v) is 8.62. The second-order valence-corrected chi connectivity index (χ2v) is 17.1. The maximum absolute atomic E-state index is 14.0. The van der Waals surface area contributed by atoms with Crippen molar-refractivity contribution in [3.63, 3.8) is 0 Å². The van der Waals surface area contributed by atoms with E-state index < -0.39 is 26.9 Å². The van der Waals surface area contributed by atoms with Crippen molar-refractivity contribution in [2.24, 2.45) is 13.0 Å². The largest absolute Gasteiger partial charge is 0.494 e. The summed E-state index contributed by atoms with van der Waals surface area (Å²) in [5.41, 5.74) is 6.09. The highest BCUT2D eigenvalue weighted by molar-refractivity contribution is 7.90. The molecule has 55 heavy (non-hydrogen) atoms. The van der Waals surface area contributed by atoms with Crippen molar-refractivity contribution in [3.05, 3.63) is 86.0 Å². The van der Waals surface area contributed by atoms with Crippen LogP contribution in [0.4, 0.5) is 0 Å². The van der Waals surface area contributed by atoms with Gasteiger partial charge in [-0.25, -0.2) is 4.72 Å². The average molecular weight is 812 g/mol. The molecule has 0 aliphatic carbocycles. The number of sulfonamides is 1. The number of aromatic nitrogens is 3. The lowest BCUT2D eigenvalue weighted by molar-refractivity contribution is 0.0897. The minimum atomic E-state index is -4.52. The van der Waals surface area contributed by atoms with E-state index in [1.807, 2.05) is 52.9 Å². The van der Waals surface area contributed by atoms with Crippen molar-refractivity contribution in [3.8, 4) is 16.9 Å². The first-order valence-electron chi connectivity index (χ1n) is 18.5. The molecule has 0 atom stereocenters. The predicted molar refractivity (Wildman–Crippen MR) is 215 cm³/mol. The lowest BCUT2D eigenvalue weighted by atomic mass is 9.96. The van der Waals surface area contributed by atoms with Crippen LogP contribution in [0.1, 0.15) is 82.2 Å². The molecule has 3 N–H and O–H groups in total. The number of amides is 2. The van der Waals surface area contributed by atoms with Gasteiger partial charge in [0.05, 0.1) is 22.8 Å². The molecule has 5 aromatic rings. The topological polar surface area (TPSA) is 152 Å². The molecule has 6 rings (SSSR count). The number of piperidine rings is 1. The molecular formula is C40H48Cl2N6O6S. The molecule has 0 saturated carbocycles. The van der Waals surface area contributed by atoms with Gasteiger partial charge in [-0.3, -0.25) is 14.3 Å². The highest BCUT2D eigenvalue weighted by atomic mass is 35.5. The molecule has 4 heterocycles. The molecule has 12 nitrogen and oxygen atoms in total. The van der Waals surface area contributed by atoms with Crippen LogP contribution in [0.5, 0.6) is 5.75 Å². The van der Waals surface area contributed by atoms with Gasteiger partial charge in [-0.1, -0.05) is 29.3 Å².